The number of aromatic nitrogens is 4. The van der Waals surface area contributed by atoms with Gasteiger partial charge in [-0.3, -0.25) is 4.98 Å². The summed E-state index contributed by atoms with van der Waals surface area (Å²) >= 11 is 6.57. The summed E-state index contributed by atoms with van der Waals surface area (Å²) in [5.41, 5.74) is 4.71. The average Bonchev–Trinajstić information content (AvgIpc) is 3.68. The van der Waals surface area contributed by atoms with Crippen LogP contribution in [0.5, 0.6) is 0 Å². The first-order valence-electron chi connectivity index (χ1n) is 21.9. The molecule has 0 unspecified atom stereocenters. The number of ether oxygens (including phenoxy) is 2. The van der Waals surface area contributed by atoms with Gasteiger partial charge in [0.2, 0.25) is 0 Å². The van der Waals surface area contributed by atoms with Crippen LogP contribution in [0, 0.1) is 17.9 Å². The molecule has 6 heterocycles. The Morgan fingerprint density at radius 1 is 0.681 bits per heavy atom. The molecular weight excluding hydrogens is 1010 g/mol. The van der Waals surface area contributed by atoms with Crippen molar-refractivity contribution in [3.63, 3.8) is 0 Å². The highest BCUT2D eigenvalue weighted by Crippen LogP contribution is 2.43. The molecule has 4 aromatic heterocycles. The Balaban J connectivity index is 0.000000206. The minimum Gasteiger partial charge on any atom is -0.462 e. The molecule has 2 aliphatic heterocycles. The quantitative estimate of drug-likeness (QED) is 0.0464. The standard InChI is InChI=1S/C19H15N3O2.C12H24B2O4.C11H7BrN2.C8H8BrNO2.CH4/c1-2-24-19(23)15-7-8-21-17(11-15)10-13-3-6-18-14(9-13)4-5-16(12-20)22-18;1-9(2)10(3,4)16-13(15-9)14-17-11(5,6)12(7,8)18-14;1-13-11-5-3-9-6-8(7-12)2-4-10(9)14-11;1-2-12-8(11)6-3-4-10-7(9)5-6;/h3-9,11H,2,10H2,1H3;1-8H3;2-6H,7H2;3-5H,2H2,1H3;1H4. The van der Waals surface area contributed by atoms with Crippen LogP contribution in [0.4, 0.5) is 5.82 Å². The van der Waals surface area contributed by atoms with Crippen LogP contribution in [0.1, 0.15) is 120 Å². The van der Waals surface area contributed by atoms with E-state index in [1.807, 2.05) is 104 Å². The lowest BCUT2D eigenvalue weighted by atomic mass is 9.49. The third kappa shape index (κ3) is 14.7. The lowest BCUT2D eigenvalue weighted by Gasteiger charge is -2.32. The van der Waals surface area contributed by atoms with Gasteiger partial charge in [-0.05, 0) is 163 Å². The number of nitrogens with zero attached hydrogens (tertiary/aromatic N) is 6. The van der Waals surface area contributed by atoms with E-state index < -0.39 is 14.0 Å². The Bertz CT molecular complexity index is 2770. The molecule has 0 spiro atoms. The fourth-order valence-electron chi connectivity index (χ4n) is 6.53. The fraction of sp³-hybridized carbons (Fsp3) is 0.373. The molecule has 69 heavy (non-hydrogen) atoms. The van der Waals surface area contributed by atoms with Gasteiger partial charge in [-0.1, -0.05) is 48.1 Å². The van der Waals surface area contributed by atoms with Crippen LogP contribution in [0.2, 0.25) is 0 Å². The van der Waals surface area contributed by atoms with Gasteiger partial charge in [-0.15, -0.1) is 4.98 Å². The molecule has 360 valence electrons. The van der Waals surface area contributed by atoms with Gasteiger partial charge in [-0.25, -0.2) is 19.6 Å². The summed E-state index contributed by atoms with van der Waals surface area (Å²) < 4.78 is 34.3. The zero-order valence-corrected chi connectivity index (χ0v) is 43.1. The molecule has 14 nitrogen and oxygen atoms in total. The molecule has 0 N–H and O–H groups in total. The van der Waals surface area contributed by atoms with E-state index in [0.29, 0.717) is 46.9 Å². The van der Waals surface area contributed by atoms with Gasteiger partial charge in [0.15, 0.2) is 5.52 Å². The van der Waals surface area contributed by atoms with Crippen LogP contribution in [0.25, 0.3) is 26.7 Å². The van der Waals surface area contributed by atoms with E-state index in [-0.39, 0.29) is 41.8 Å². The average molecular weight is 1060 g/mol. The summed E-state index contributed by atoms with van der Waals surface area (Å²) in [6, 6.07) is 27.8. The number of benzene rings is 2. The SMILES string of the molecule is C.CC1(C)OB(B2OC(C)(C)C(C)(C)O2)OC1(C)C.CCOC(=O)c1ccnc(Br)c1.CCOC(=O)c1ccnc(Cc2ccc3nc(C#N)ccc3c2)c1.[C-]#[N+]c1ccc2cc(CBr)ccc2n1. The van der Waals surface area contributed by atoms with Crippen LogP contribution in [-0.4, -0.2) is 81.5 Å². The van der Waals surface area contributed by atoms with E-state index in [1.165, 1.54) is 5.56 Å². The van der Waals surface area contributed by atoms with Crippen molar-refractivity contribution in [3.05, 3.63) is 147 Å². The topological polar surface area (TPSA) is 169 Å². The molecule has 2 aromatic carbocycles. The molecule has 0 atom stereocenters. The number of carbonyl (C=O) groups excluding carboxylic acids is 2. The first-order valence-corrected chi connectivity index (χ1v) is 23.8. The number of pyridine rings is 4. The lowest BCUT2D eigenvalue weighted by Crippen LogP contribution is -2.41. The maximum absolute atomic E-state index is 11.8. The molecule has 2 aliphatic rings. The van der Waals surface area contributed by atoms with Crippen molar-refractivity contribution in [1.82, 2.24) is 19.9 Å². The van der Waals surface area contributed by atoms with Crippen molar-refractivity contribution in [2.24, 2.45) is 0 Å². The van der Waals surface area contributed by atoms with Gasteiger partial charge in [0.25, 0.3) is 5.82 Å². The number of hydrogen-bond donors (Lipinski definition) is 0. The Hall–Kier alpha value is -5.59. The Morgan fingerprint density at radius 3 is 1.65 bits per heavy atom. The number of nitriles is 1. The highest BCUT2D eigenvalue weighted by atomic mass is 79.9. The van der Waals surface area contributed by atoms with Crippen molar-refractivity contribution in [1.29, 1.82) is 5.26 Å². The predicted molar refractivity (Wildman–Crippen MR) is 277 cm³/mol. The molecule has 0 amide bonds. The highest BCUT2D eigenvalue weighted by molar-refractivity contribution is 9.10. The number of alkyl halides is 1. The van der Waals surface area contributed by atoms with E-state index in [2.05, 4.69) is 62.7 Å². The molecule has 0 saturated carbocycles. The molecule has 0 radical (unpaired) electrons. The number of rotatable bonds is 8. The fourth-order valence-corrected chi connectivity index (χ4v) is 7.24. The number of esters is 2. The third-order valence-corrected chi connectivity index (χ3v) is 12.7. The van der Waals surface area contributed by atoms with Crippen LogP contribution >= 0.6 is 31.9 Å². The van der Waals surface area contributed by atoms with Crippen molar-refractivity contribution in [3.8, 4) is 6.07 Å². The van der Waals surface area contributed by atoms with Gasteiger partial charge < -0.3 is 32.9 Å². The zero-order chi connectivity index (χ0) is 49.9. The van der Waals surface area contributed by atoms with Crippen LogP contribution in [0.15, 0.2) is 102 Å². The number of fused-ring (bicyclic) bond motifs is 2. The van der Waals surface area contributed by atoms with Crippen molar-refractivity contribution in [2.75, 3.05) is 13.2 Å². The normalized spacial score (nSPS) is 15.6. The molecular formula is C51H58B2Br2N6O8. The maximum Gasteiger partial charge on any atom is 0.488 e. The van der Waals surface area contributed by atoms with Crippen LogP contribution in [0.3, 0.4) is 0 Å². The molecule has 2 fully saturated rings. The van der Waals surface area contributed by atoms with Gasteiger partial charge in [0, 0.05) is 40.6 Å². The second-order valence-electron chi connectivity index (χ2n) is 17.5. The third-order valence-electron chi connectivity index (χ3n) is 11.6. The first-order chi connectivity index (χ1) is 32.1. The summed E-state index contributed by atoms with van der Waals surface area (Å²) in [5.74, 6) is -0.211. The van der Waals surface area contributed by atoms with Gasteiger partial charge >= 0.3 is 26.0 Å². The molecule has 6 aromatic rings. The van der Waals surface area contributed by atoms with Gasteiger partial charge in [0.05, 0.1) is 52.3 Å². The highest BCUT2D eigenvalue weighted by Gasteiger charge is 2.63. The number of carbonyl (C=O) groups is 2. The minimum absolute atomic E-state index is 0. The van der Waals surface area contributed by atoms with Crippen molar-refractivity contribution in [2.45, 2.75) is 111 Å². The van der Waals surface area contributed by atoms with E-state index in [0.717, 1.165) is 38.4 Å². The number of hydrogen-bond acceptors (Lipinski definition) is 13. The summed E-state index contributed by atoms with van der Waals surface area (Å²) in [6.07, 6.45) is 3.77. The molecule has 8 rings (SSSR count). The molecule has 0 aliphatic carbocycles. The van der Waals surface area contributed by atoms with E-state index >= 15 is 0 Å². The Morgan fingerprint density at radius 2 is 1.16 bits per heavy atom. The largest absolute Gasteiger partial charge is 0.488 e. The summed E-state index contributed by atoms with van der Waals surface area (Å²) in [6.45, 7) is 27.3. The van der Waals surface area contributed by atoms with Crippen molar-refractivity contribution >= 4 is 85.4 Å². The Kier molecular flexibility index (Phi) is 19.7. The Labute approximate surface area is 423 Å². The zero-order valence-electron chi connectivity index (χ0n) is 39.9. The van der Waals surface area contributed by atoms with Gasteiger partial charge in [0.1, 0.15) is 16.4 Å². The lowest BCUT2D eigenvalue weighted by molar-refractivity contribution is 0.00578. The predicted octanol–water partition coefficient (Wildman–Crippen LogP) is 11.9. The molecule has 2 saturated heterocycles. The molecule has 18 heteroatoms. The van der Waals surface area contributed by atoms with E-state index in [4.69, 9.17) is 39.9 Å². The second-order valence-corrected chi connectivity index (χ2v) is 18.9. The summed E-state index contributed by atoms with van der Waals surface area (Å²) in [7, 11) is -0.952. The molecule has 0 bridgehead atoms. The first kappa shape index (κ1) is 56.0. The van der Waals surface area contributed by atoms with E-state index in [9.17, 15) is 9.59 Å². The van der Waals surface area contributed by atoms with E-state index in [1.54, 1.807) is 62.6 Å². The van der Waals surface area contributed by atoms with Crippen LogP contribution in [-0.2, 0) is 39.8 Å². The maximum atomic E-state index is 11.8. The second kappa shape index (κ2) is 24.3. The minimum atomic E-state index is -0.476. The smallest absolute Gasteiger partial charge is 0.462 e. The summed E-state index contributed by atoms with van der Waals surface area (Å²) in [4.78, 5) is 42.9. The van der Waals surface area contributed by atoms with Crippen molar-refractivity contribution < 1.29 is 37.7 Å². The van der Waals surface area contributed by atoms with Crippen LogP contribution < -0.4 is 0 Å². The number of halogens is 2. The monoisotopic (exact) mass is 1060 g/mol. The van der Waals surface area contributed by atoms with Gasteiger partial charge in [-0.2, -0.15) is 5.26 Å². The summed E-state index contributed by atoms with van der Waals surface area (Å²) in [5, 5.41) is 11.8.